The van der Waals surface area contributed by atoms with Crippen LogP contribution in [0.25, 0.3) is 0 Å². The van der Waals surface area contributed by atoms with Gasteiger partial charge in [0.25, 0.3) is 0 Å². The summed E-state index contributed by atoms with van der Waals surface area (Å²) in [7, 11) is 3.58. The number of rotatable bonds is 3. The molecule has 1 aliphatic carbocycles. The smallest absolute Gasteiger partial charge is 0.317 e. The Morgan fingerprint density at radius 1 is 1.08 bits per heavy atom. The quantitative estimate of drug-likeness (QED) is 0.788. The summed E-state index contributed by atoms with van der Waals surface area (Å²) in [6.07, 6.45) is 8.60. The molecule has 0 spiro atoms. The van der Waals surface area contributed by atoms with Crippen LogP contribution in [0.2, 0.25) is 0 Å². The van der Waals surface area contributed by atoms with Gasteiger partial charge in [0.05, 0.1) is 6.54 Å². The Labute approximate surface area is 144 Å². The number of amides is 3. The van der Waals surface area contributed by atoms with Crippen LogP contribution in [0.1, 0.15) is 25.7 Å². The van der Waals surface area contributed by atoms with Gasteiger partial charge in [-0.2, -0.15) is 0 Å². The number of hydrogen-bond donors (Lipinski definition) is 1. The number of nitrogens with zero attached hydrogens (tertiary/aromatic N) is 3. The van der Waals surface area contributed by atoms with Gasteiger partial charge < -0.3 is 15.1 Å². The van der Waals surface area contributed by atoms with Crippen molar-refractivity contribution in [2.24, 2.45) is 11.8 Å². The molecule has 134 valence electrons. The number of fused-ring (bicyclic) bond motifs is 1. The van der Waals surface area contributed by atoms with Gasteiger partial charge in [-0.3, -0.25) is 9.69 Å². The highest BCUT2D eigenvalue weighted by Gasteiger charge is 2.35. The molecule has 2 fully saturated rings. The molecule has 0 aromatic heterocycles. The van der Waals surface area contributed by atoms with Crippen LogP contribution in [-0.2, 0) is 4.79 Å². The van der Waals surface area contributed by atoms with Crippen LogP contribution in [0.3, 0.4) is 0 Å². The van der Waals surface area contributed by atoms with Crippen molar-refractivity contribution in [2.75, 3.05) is 46.8 Å². The molecule has 2 aliphatic heterocycles. The lowest BCUT2D eigenvalue weighted by atomic mass is 9.86. The molecule has 6 heteroatoms. The first-order valence-corrected chi connectivity index (χ1v) is 9.16. The number of carbonyl (C=O) groups excluding carboxylic acids is 2. The Kier molecular flexibility index (Phi) is 5.43. The van der Waals surface area contributed by atoms with Gasteiger partial charge >= 0.3 is 6.03 Å². The van der Waals surface area contributed by atoms with Crippen molar-refractivity contribution in [1.29, 1.82) is 0 Å². The maximum atomic E-state index is 12.5. The first-order valence-electron chi connectivity index (χ1n) is 9.16. The monoisotopic (exact) mass is 334 g/mol. The van der Waals surface area contributed by atoms with Gasteiger partial charge in [-0.15, -0.1) is 0 Å². The Hall–Kier alpha value is -1.56. The summed E-state index contributed by atoms with van der Waals surface area (Å²) in [4.78, 5) is 30.1. The van der Waals surface area contributed by atoms with Crippen molar-refractivity contribution in [3.63, 3.8) is 0 Å². The molecule has 0 unspecified atom stereocenters. The van der Waals surface area contributed by atoms with E-state index in [1.165, 1.54) is 0 Å². The second-order valence-electron chi connectivity index (χ2n) is 7.66. The largest absolute Gasteiger partial charge is 0.348 e. The van der Waals surface area contributed by atoms with Crippen LogP contribution in [0, 0.1) is 11.8 Å². The van der Waals surface area contributed by atoms with E-state index < -0.39 is 0 Å². The fourth-order valence-corrected chi connectivity index (χ4v) is 4.01. The molecule has 0 bridgehead atoms. The number of allylic oxidation sites excluding steroid dienone is 2. The Balaban J connectivity index is 1.40. The van der Waals surface area contributed by atoms with Gasteiger partial charge in [0.15, 0.2) is 0 Å². The third-order valence-corrected chi connectivity index (χ3v) is 5.68. The van der Waals surface area contributed by atoms with E-state index in [1.54, 1.807) is 19.0 Å². The van der Waals surface area contributed by atoms with Gasteiger partial charge in [0.2, 0.25) is 5.91 Å². The second kappa shape index (κ2) is 7.55. The molecule has 3 rings (SSSR count). The van der Waals surface area contributed by atoms with E-state index in [-0.39, 0.29) is 18.0 Å². The molecule has 3 aliphatic rings. The van der Waals surface area contributed by atoms with Crippen molar-refractivity contribution < 1.29 is 9.59 Å². The minimum Gasteiger partial charge on any atom is -0.348 e. The molecule has 3 amide bonds. The number of nitrogens with one attached hydrogen (secondary N) is 1. The maximum Gasteiger partial charge on any atom is 0.317 e. The average molecular weight is 334 g/mol. The zero-order valence-corrected chi connectivity index (χ0v) is 14.9. The highest BCUT2D eigenvalue weighted by atomic mass is 16.2. The van der Waals surface area contributed by atoms with Crippen LogP contribution in [0.5, 0.6) is 0 Å². The summed E-state index contributed by atoms with van der Waals surface area (Å²) in [5, 5.41) is 3.21. The molecule has 1 N–H and O–H groups in total. The zero-order valence-electron chi connectivity index (χ0n) is 14.9. The minimum absolute atomic E-state index is 0.104. The van der Waals surface area contributed by atoms with Gasteiger partial charge in [-0.05, 0) is 37.5 Å². The van der Waals surface area contributed by atoms with Crippen LogP contribution in [0.4, 0.5) is 4.79 Å². The number of hydrogen-bond acceptors (Lipinski definition) is 3. The molecular formula is C18H30N4O2. The lowest BCUT2D eigenvalue weighted by Gasteiger charge is -2.33. The summed E-state index contributed by atoms with van der Waals surface area (Å²) in [6.45, 7) is 4.03. The van der Waals surface area contributed by atoms with Crippen LogP contribution in [-0.4, -0.2) is 79.5 Å². The van der Waals surface area contributed by atoms with Crippen molar-refractivity contribution in [3.05, 3.63) is 12.2 Å². The zero-order chi connectivity index (χ0) is 17.1. The van der Waals surface area contributed by atoms with Crippen molar-refractivity contribution in [2.45, 2.75) is 31.7 Å². The third kappa shape index (κ3) is 4.09. The van der Waals surface area contributed by atoms with E-state index in [1.807, 2.05) is 4.90 Å². The van der Waals surface area contributed by atoms with Gasteiger partial charge in [0.1, 0.15) is 0 Å². The maximum absolute atomic E-state index is 12.5. The van der Waals surface area contributed by atoms with Gasteiger partial charge in [-0.25, -0.2) is 4.79 Å². The van der Waals surface area contributed by atoms with Gasteiger partial charge in [-0.1, -0.05) is 12.2 Å². The normalized spacial score (nSPS) is 27.8. The van der Waals surface area contributed by atoms with E-state index in [9.17, 15) is 9.59 Å². The molecule has 0 aromatic carbocycles. The van der Waals surface area contributed by atoms with E-state index >= 15 is 0 Å². The van der Waals surface area contributed by atoms with Crippen LogP contribution in [0.15, 0.2) is 12.2 Å². The second-order valence-corrected chi connectivity index (χ2v) is 7.66. The van der Waals surface area contributed by atoms with Crippen molar-refractivity contribution >= 4 is 11.9 Å². The van der Waals surface area contributed by atoms with Crippen molar-refractivity contribution in [3.8, 4) is 0 Å². The third-order valence-electron chi connectivity index (χ3n) is 5.68. The Morgan fingerprint density at radius 3 is 2.21 bits per heavy atom. The molecule has 0 saturated carbocycles. The molecule has 6 nitrogen and oxygen atoms in total. The van der Waals surface area contributed by atoms with Gasteiger partial charge in [0, 0.05) is 46.3 Å². The molecular weight excluding hydrogens is 304 g/mol. The molecule has 24 heavy (non-hydrogen) atoms. The SMILES string of the molecule is CN(C)C(=O)CN1CCC(NC(=O)N2C[C@H]3CC=CC[C@H]3C2)CC1. The van der Waals surface area contributed by atoms with Crippen molar-refractivity contribution in [1.82, 2.24) is 20.0 Å². The summed E-state index contributed by atoms with van der Waals surface area (Å²) >= 11 is 0. The molecule has 0 aromatic rings. The predicted octanol–water partition coefficient (Wildman–Crippen LogP) is 1.15. The van der Waals surface area contributed by atoms with Crippen LogP contribution < -0.4 is 5.32 Å². The standard InChI is InChI=1S/C18H30N4O2/c1-20(2)17(23)13-21-9-7-16(8-10-21)19-18(24)22-11-14-5-3-4-6-15(14)12-22/h3-4,14-16H,5-13H2,1-2H3,(H,19,24)/t14-,15+. The Bertz CT molecular complexity index is 481. The van der Waals surface area contributed by atoms with E-state index in [2.05, 4.69) is 22.4 Å². The Morgan fingerprint density at radius 2 is 1.67 bits per heavy atom. The highest BCUT2D eigenvalue weighted by molar-refractivity contribution is 5.77. The number of piperidine rings is 1. The van der Waals surface area contributed by atoms with E-state index in [0.29, 0.717) is 18.4 Å². The van der Waals surface area contributed by atoms with E-state index in [0.717, 1.165) is 51.9 Å². The molecule has 2 heterocycles. The predicted molar refractivity (Wildman–Crippen MR) is 93.6 cm³/mol. The summed E-state index contributed by atoms with van der Waals surface area (Å²) in [5.74, 6) is 1.45. The molecule has 0 radical (unpaired) electrons. The topological polar surface area (TPSA) is 55.9 Å². The fourth-order valence-electron chi connectivity index (χ4n) is 4.01. The fraction of sp³-hybridized carbons (Fsp3) is 0.778. The number of likely N-dealkylation sites (tertiary alicyclic amines) is 2. The first-order chi connectivity index (χ1) is 11.5. The number of urea groups is 1. The minimum atomic E-state index is 0.104. The highest BCUT2D eigenvalue weighted by Crippen LogP contribution is 2.32. The lowest BCUT2D eigenvalue weighted by molar-refractivity contribution is -0.130. The lowest BCUT2D eigenvalue weighted by Crippen LogP contribution is -2.50. The summed E-state index contributed by atoms with van der Waals surface area (Å²) in [5.41, 5.74) is 0. The van der Waals surface area contributed by atoms with Crippen LogP contribution >= 0.6 is 0 Å². The van der Waals surface area contributed by atoms with E-state index in [4.69, 9.17) is 0 Å². The number of likely N-dealkylation sites (N-methyl/N-ethyl adjacent to an activating group) is 1. The molecule has 2 saturated heterocycles. The first kappa shape index (κ1) is 17.3. The average Bonchev–Trinajstić information content (AvgIpc) is 3.00. The summed E-state index contributed by atoms with van der Waals surface area (Å²) < 4.78 is 0. The number of carbonyl (C=O) groups is 2. The summed E-state index contributed by atoms with van der Waals surface area (Å²) in [6, 6.07) is 0.344. The molecule has 2 atom stereocenters.